The van der Waals surface area contributed by atoms with E-state index in [2.05, 4.69) is 0 Å². The Hall–Kier alpha value is -0.785. The Bertz CT molecular complexity index is 359. The van der Waals surface area contributed by atoms with Crippen molar-refractivity contribution in [2.24, 2.45) is 0 Å². The fraction of sp³-hybridized carbons (Fsp3) is 0.400. The Labute approximate surface area is 72.0 Å². The molecule has 3 rings (SSSR count). The van der Waals surface area contributed by atoms with Crippen LogP contribution in [0.3, 0.4) is 0 Å². The molecule has 1 saturated carbocycles. The van der Waals surface area contributed by atoms with Crippen molar-refractivity contribution in [3.05, 3.63) is 29.1 Å². The second-order valence-corrected chi connectivity index (χ2v) is 4.05. The molecule has 12 heavy (non-hydrogen) atoms. The van der Waals surface area contributed by atoms with Crippen LogP contribution in [0.5, 0.6) is 0 Å². The maximum atomic E-state index is 13.1. The van der Waals surface area contributed by atoms with Crippen molar-refractivity contribution >= 4 is 12.7 Å². The average molecular weight is 160 g/mol. The molecule has 1 aliphatic carbocycles. The first-order valence-electron chi connectivity index (χ1n) is 4.55. The summed E-state index contributed by atoms with van der Waals surface area (Å²) in [6, 6.07) is 3.60. The monoisotopic (exact) mass is 160 g/mol. The van der Waals surface area contributed by atoms with Gasteiger partial charge < -0.3 is 0 Å². The smallest absolute Gasteiger partial charge is 0.162 e. The van der Waals surface area contributed by atoms with Crippen LogP contribution in [-0.4, -0.2) is 7.28 Å². The number of halogens is 1. The highest BCUT2D eigenvalue weighted by molar-refractivity contribution is 6.59. The highest BCUT2D eigenvalue weighted by atomic mass is 19.1. The zero-order valence-corrected chi connectivity index (χ0v) is 7.10. The molecule has 2 heteroatoms. The van der Waals surface area contributed by atoms with E-state index in [-0.39, 0.29) is 5.82 Å². The molecule has 0 radical (unpaired) electrons. The third-order valence-corrected chi connectivity index (χ3v) is 3.36. The normalized spacial score (nSPS) is 29.2. The van der Waals surface area contributed by atoms with E-state index < -0.39 is 0 Å². The first kappa shape index (κ1) is 6.70. The van der Waals surface area contributed by atoms with Crippen LogP contribution in [0.25, 0.3) is 0 Å². The van der Waals surface area contributed by atoms with Crippen molar-refractivity contribution in [1.82, 2.24) is 0 Å². The van der Waals surface area contributed by atoms with Crippen molar-refractivity contribution in [3.8, 4) is 0 Å². The number of benzene rings is 1. The first-order valence-corrected chi connectivity index (χ1v) is 4.55. The van der Waals surface area contributed by atoms with Gasteiger partial charge in [-0.15, -0.1) is 0 Å². The predicted molar refractivity (Wildman–Crippen MR) is 49.0 cm³/mol. The maximum absolute atomic E-state index is 13.1. The zero-order valence-electron chi connectivity index (χ0n) is 7.10. The van der Waals surface area contributed by atoms with E-state index in [0.29, 0.717) is 0 Å². The summed E-state index contributed by atoms with van der Waals surface area (Å²) in [5, 5.41) is 0. The molecule has 2 atom stereocenters. The second-order valence-electron chi connectivity index (χ2n) is 4.05. The minimum Gasteiger partial charge on any atom is -0.207 e. The maximum Gasteiger partial charge on any atom is 0.162 e. The Morgan fingerprint density at radius 2 is 2.33 bits per heavy atom. The summed E-state index contributed by atoms with van der Waals surface area (Å²) in [5.41, 5.74) is 3.62. The van der Waals surface area contributed by atoms with Gasteiger partial charge in [0.1, 0.15) is 5.82 Å². The van der Waals surface area contributed by atoms with Crippen molar-refractivity contribution in [2.75, 3.05) is 0 Å². The van der Waals surface area contributed by atoms with Crippen LogP contribution in [0.15, 0.2) is 12.1 Å². The molecule has 0 spiro atoms. The molecule has 0 aromatic heterocycles. The number of fused-ring (bicyclic) bond motifs is 3. The molecular weight excluding hydrogens is 150 g/mol. The van der Waals surface area contributed by atoms with Crippen LogP contribution < -0.4 is 5.46 Å². The molecule has 2 unspecified atom stereocenters. The van der Waals surface area contributed by atoms with Gasteiger partial charge in [-0.25, -0.2) is 4.39 Å². The molecule has 0 bridgehead atoms. The lowest BCUT2D eigenvalue weighted by Gasteiger charge is -2.06. The minimum atomic E-state index is -0.0324. The van der Waals surface area contributed by atoms with E-state index >= 15 is 0 Å². The van der Waals surface area contributed by atoms with Crippen LogP contribution in [0.2, 0.25) is 5.82 Å². The minimum absolute atomic E-state index is 0.0324. The van der Waals surface area contributed by atoms with Crippen molar-refractivity contribution in [3.63, 3.8) is 0 Å². The van der Waals surface area contributed by atoms with Crippen molar-refractivity contribution < 1.29 is 4.39 Å². The van der Waals surface area contributed by atoms with Crippen LogP contribution in [0, 0.1) is 12.7 Å². The summed E-state index contributed by atoms with van der Waals surface area (Å²) >= 11 is 0. The van der Waals surface area contributed by atoms with Crippen molar-refractivity contribution in [2.45, 2.75) is 25.1 Å². The Morgan fingerprint density at radius 3 is 3.17 bits per heavy atom. The Balaban J connectivity index is 2.24. The van der Waals surface area contributed by atoms with E-state index in [9.17, 15) is 4.39 Å². The summed E-state index contributed by atoms with van der Waals surface area (Å²) in [4.78, 5) is 0. The first-order chi connectivity index (χ1) is 5.77. The second kappa shape index (κ2) is 1.93. The van der Waals surface area contributed by atoms with Gasteiger partial charge in [-0.2, -0.15) is 0 Å². The summed E-state index contributed by atoms with van der Waals surface area (Å²) < 4.78 is 13.1. The van der Waals surface area contributed by atoms with E-state index in [1.807, 2.05) is 13.0 Å². The van der Waals surface area contributed by atoms with Gasteiger partial charge >= 0.3 is 0 Å². The molecule has 1 fully saturated rings. The molecule has 0 amide bonds. The summed E-state index contributed by atoms with van der Waals surface area (Å²) in [7, 11) is 1.13. The third-order valence-electron chi connectivity index (χ3n) is 3.36. The van der Waals surface area contributed by atoms with Gasteiger partial charge in [0, 0.05) is 0 Å². The lowest BCUT2D eigenvalue weighted by molar-refractivity contribution is 0.619. The van der Waals surface area contributed by atoms with E-state index in [4.69, 9.17) is 0 Å². The highest BCUT2D eigenvalue weighted by Gasteiger charge is 2.46. The third kappa shape index (κ3) is 0.681. The molecule has 2 aliphatic rings. The highest BCUT2D eigenvalue weighted by Crippen LogP contribution is 2.55. The van der Waals surface area contributed by atoms with Gasteiger partial charge in [-0.05, 0) is 30.9 Å². The zero-order chi connectivity index (χ0) is 8.29. The number of rotatable bonds is 0. The lowest BCUT2D eigenvalue weighted by Crippen LogP contribution is -2.18. The summed E-state index contributed by atoms with van der Waals surface area (Å²) in [5.74, 6) is 1.62. The van der Waals surface area contributed by atoms with Crippen LogP contribution >= 0.6 is 0 Å². The molecule has 0 nitrogen and oxygen atoms in total. The van der Waals surface area contributed by atoms with Crippen molar-refractivity contribution in [1.29, 1.82) is 0 Å². The fourth-order valence-corrected chi connectivity index (χ4v) is 2.48. The lowest BCUT2D eigenvalue weighted by atomic mass is 9.66. The molecule has 60 valence electrons. The molecular formula is C10H10BF. The van der Waals surface area contributed by atoms with Gasteiger partial charge in [-0.1, -0.05) is 22.9 Å². The van der Waals surface area contributed by atoms with Gasteiger partial charge in [-0.3, -0.25) is 0 Å². The van der Waals surface area contributed by atoms with Gasteiger partial charge in [0.25, 0.3) is 0 Å². The molecule has 1 aromatic rings. The number of hydrogen-bond donors (Lipinski definition) is 0. The Morgan fingerprint density at radius 1 is 1.50 bits per heavy atom. The molecule has 1 aromatic carbocycles. The SMILES string of the molecule is Cc1c(F)ccc2c1BC1CC21. The van der Waals surface area contributed by atoms with Gasteiger partial charge in [0.05, 0.1) is 0 Å². The van der Waals surface area contributed by atoms with Gasteiger partial charge in [0.15, 0.2) is 7.28 Å². The molecule has 1 heterocycles. The molecule has 1 aliphatic heterocycles. The fourth-order valence-electron chi connectivity index (χ4n) is 2.48. The average Bonchev–Trinajstić information content (AvgIpc) is 2.73. The molecule has 0 saturated heterocycles. The van der Waals surface area contributed by atoms with Crippen LogP contribution in [0.1, 0.15) is 23.5 Å². The van der Waals surface area contributed by atoms with Gasteiger partial charge in [0.2, 0.25) is 0 Å². The quantitative estimate of drug-likeness (QED) is 0.504. The van der Waals surface area contributed by atoms with E-state index in [1.165, 1.54) is 17.4 Å². The largest absolute Gasteiger partial charge is 0.207 e. The van der Waals surface area contributed by atoms with E-state index in [1.54, 1.807) is 6.07 Å². The standard InChI is InChI=1S/C10H10BF/c1-5-9(12)3-2-6-7-4-8(7)11-10(5)6/h2-3,7-8,11H,4H2,1H3. The summed E-state index contributed by atoms with van der Waals surface area (Å²) in [6.07, 6.45) is 1.35. The predicted octanol–water partition coefficient (Wildman–Crippen LogP) is 1.49. The topological polar surface area (TPSA) is 0 Å². The van der Waals surface area contributed by atoms with E-state index in [0.717, 1.165) is 24.6 Å². The molecule has 0 N–H and O–H groups in total. The van der Waals surface area contributed by atoms with Crippen LogP contribution in [0.4, 0.5) is 4.39 Å². The summed E-state index contributed by atoms with van der Waals surface area (Å²) in [6.45, 7) is 1.90. The Kier molecular flexibility index (Phi) is 1.08. The number of hydrogen-bond acceptors (Lipinski definition) is 0. The van der Waals surface area contributed by atoms with Crippen LogP contribution in [-0.2, 0) is 0 Å².